The molecule has 0 atom stereocenters. The van der Waals surface area contributed by atoms with Gasteiger partial charge in [0.25, 0.3) is 0 Å². The van der Waals surface area contributed by atoms with E-state index in [1.807, 2.05) is 24.3 Å². The standard InChI is InChI=1S/C11H13NO/c12-8-7-11-5-3-10(4-6-11)2-1-9-13/h3-6,13H,7-9,12H2. The molecule has 0 bridgehead atoms. The first kappa shape index (κ1) is 9.79. The average molecular weight is 175 g/mol. The van der Waals surface area contributed by atoms with Gasteiger partial charge in [0, 0.05) is 5.56 Å². The van der Waals surface area contributed by atoms with Gasteiger partial charge in [-0.25, -0.2) is 0 Å². The van der Waals surface area contributed by atoms with Crippen LogP contribution in [0.1, 0.15) is 11.1 Å². The third-order valence-corrected chi connectivity index (χ3v) is 1.70. The lowest BCUT2D eigenvalue weighted by Gasteiger charge is -1.97. The van der Waals surface area contributed by atoms with Crippen molar-refractivity contribution in [3.05, 3.63) is 35.4 Å². The van der Waals surface area contributed by atoms with Crippen LogP contribution in [0.3, 0.4) is 0 Å². The van der Waals surface area contributed by atoms with Gasteiger partial charge in [0.05, 0.1) is 0 Å². The maximum atomic E-state index is 8.48. The van der Waals surface area contributed by atoms with E-state index in [0.717, 1.165) is 12.0 Å². The SMILES string of the molecule is NCCc1ccc(C#CCO)cc1. The van der Waals surface area contributed by atoms with Gasteiger partial charge in [-0.05, 0) is 30.7 Å². The van der Waals surface area contributed by atoms with E-state index >= 15 is 0 Å². The minimum absolute atomic E-state index is 0.0927. The molecule has 0 spiro atoms. The molecule has 2 heteroatoms. The van der Waals surface area contributed by atoms with Gasteiger partial charge >= 0.3 is 0 Å². The van der Waals surface area contributed by atoms with E-state index in [2.05, 4.69) is 11.8 Å². The molecule has 1 rings (SSSR count). The Morgan fingerprint density at radius 1 is 1.23 bits per heavy atom. The normalized spacial score (nSPS) is 9.08. The monoisotopic (exact) mass is 175 g/mol. The molecule has 0 aromatic heterocycles. The second kappa shape index (κ2) is 5.36. The summed E-state index contributed by atoms with van der Waals surface area (Å²) >= 11 is 0. The zero-order valence-corrected chi connectivity index (χ0v) is 7.46. The molecule has 68 valence electrons. The number of hydrogen-bond acceptors (Lipinski definition) is 2. The van der Waals surface area contributed by atoms with Crippen molar-refractivity contribution in [2.24, 2.45) is 5.73 Å². The third-order valence-electron chi connectivity index (χ3n) is 1.70. The van der Waals surface area contributed by atoms with Gasteiger partial charge < -0.3 is 10.8 Å². The van der Waals surface area contributed by atoms with Gasteiger partial charge in [0.1, 0.15) is 6.61 Å². The number of rotatable bonds is 2. The van der Waals surface area contributed by atoms with Gasteiger partial charge in [0.15, 0.2) is 0 Å². The highest BCUT2D eigenvalue weighted by atomic mass is 16.2. The van der Waals surface area contributed by atoms with E-state index in [9.17, 15) is 0 Å². The van der Waals surface area contributed by atoms with E-state index in [0.29, 0.717) is 6.54 Å². The Bertz CT molecular complexity index is 305. The molecule has 0 aliphatic carbocycles. The molecular formula is C11H13NO. The van der Waals surface area contributed by atoms with E-state index < -0.39 is 0 Å². The van der Waals surface area contributed by atoms with E-state index in [-0.39, 0.29) is 6.61 Å². The summed E-state index contributed by atoms with van der Waals surface area (Å²) in [7, 11) is 0. The summed E-state index contributed by atoms with van der Waals surface area (Å²) in [4.78, 5) is 0. The predicted molar refractivity (Wildman–Crippen MR) is 53.2 cm³/mol. The summed E-state index contributed by atoms with van der Waals surface area (Å²) in [5.74, 6) is 5.43. The van der Waals surface area contributed by atoms with Gasteiger partial charge in [-0.3, -0.25) is 0 Å². The predicted octanol–water partition coefficient (Wildman–Crippen LogP) is 0.532. The molecule has 0 fully saturated rings. The molecule has 1 aromatic rings. The largest absolute Gasteiger partial charge is 0.384 e. The summed E-state index contributed by atoms with van der Waals surface area (Å²) in [6.45, 7) is 0.576. The summed E-state index contributed by atoms with van der Waals surface area (Å²) in [6.07, 6.45) is 0.897. The zero-order chi connectivity index (χ0) is 9.52. The number of nitrogens with two attached hydrogens (primary N) is 1. The Labute approximate surface area is 78.4 Å². The van der Waals surface area contributed by atoms with Crippen molar-refractivity contribution in [2.75, 3.05) is 13.2 Å². The Balaban J connectivity index is 2.69. The second-order valence-electron chi connectivity index (χ2n) is 2.70. The van der Waals surface area contributed by atoms with E-state index in [4.69, 9.17) is 10.8 Å². The molecule has 2 nitrogen and oxygen atoms in total. The van der Waals surface area contributed by atoms with Gasteiger partial charge in [-0.2, -0.15) is 0 Å². The lowest BCUT2D eigenvalue weighted by atomic mass is 10.1. The van der Waals surface area contributed by atoms with Crippen molar-refractivity contribution in [3.63, 3.8) is 0 Å². The first-order chi connectivity index (χ1) is 6.36. The molecule has 0 saturated heterocycles. The Morgan fingerprint density at radius 2 is 1.92 bits per heavy atom. The van der Waals surface area contributed by atoms with Crippen LogP contribution in [0.2, 0.25) is 0 Å². The highest BCUT2D eigenvalue weighted by Crippen LogP contribution is 2.03. The Kier molecular flexibility index (Phi) is 4.04. The molecule has 0 heterocycles. The molecular weight excluding hydrogens is 162 g/mol. The van der Waals surface area contributed by atoms with Crippen molar-refractivity contribution in [2.45, 2.75) is 6.42 Å². The molecule has 0 amide bonds. The minimum Gasteiger partial charge on any atom is -0.384 e. The molecule has 1 aromatic carbocycles. The third kappa shape index (κ3) is 3.29. The highest BCUT2D eigenvalue weighted by Gasteiger charge is 1.90. The maximum absolute atomic E-state index is 8.48. The van der Waals surface area contributed by atoms with Crippen LogP contribution >= 0.6 is 0 Å². The van der Waals surface area contributed by atoms with Crippen LogP contribution in [0.25, 0.3) is 0 Å². The quantitative estimate of drug-likeness (QED) is 0.644. The average Bonchev–Trinajstić information content (AvgIpc) is 2.17. The fourth-order valence-electron chi connectivity index (χ4n) is 1.06. The maximum Gasteiger partial charge on any atom is 0.104 e. The second-order valence-corrected chi connectivity index (χ2v) is 2.70. The van der Waals surface area contributed by atoms with Crippen LogP contribution in [-0.4, -0.2) is 18.3 Å². The van der Waals surface area contributed by atoms with Crippen molar-refractivity contribution in [1.29, 1.82) is 0 Å². The zero-order valence-electron chi connectivity index (χ0n) is 7.46. The number of aliphatic hydroxyl groups is 1. The summed E-state index contributed by atoms with van der Waals surface area (Å²) in [5.41, 5.74) is 7.56. The Hall–Kier alpha value is -1.30. The van der Waals surface area contributed by atoms with Crippen LogP contribution in [0.4, 0.5) is 0 Å². The van der Waals surface area contributed by atoms with E-state index in [1.54, 1.807) is 0 Å². The van der Waals surface area contributed by atoms with Gasteiger partial charge in [-0.1, -0.05) is 24.0 Å². The molecule has 0 radical (unpaired) electrons. The Morgan fingerprint density at radius 3 is 2.46 bits per heavy atom. The van der Waals surface area contributed by atoms with Crippen LogP contribution in [0.15, 0.2) is 24.3 Å². The van der Waals surface area contributed by atoms with Crippen molar-refractivity contribution in [1.82, 2.24) is 0 Å². The van der Waals surface area contributed by atoms with Crippen molar-refractivity contribution < 1.29 is 5.11 Å². The summed E-state index contributed by atoms with van der Waals surface area (Å²) in [5, 5.41) is 8.48. The topological polar surface area (TPSA) is 46.2 Å². The first-order valence-electron chi connectivity index (χ1n) is 4.25. The van der Waals surface area contributed by atoms with Crippen LogP contribution < -0.4 is 5.73 Å². The molecule has 0 unspecified atom stereocenters. The lowest BCUT2D eigenvalue weighted by molar-refractivity contribution is 0.350. The van der Waals surface area contributed by atoms with Crippen molar-refractivity contribution in [3.8, 4) is 11.8 Å². The van der Waals surface area contributed by atoms with Crippen LogP contribution in [0, 0.1) is 11.8 Å². The highest BCUT2D eigenvalue weighted by molar-refractivity contribution is 5.36. The summed E-state index contributed by atoms with van der Waals surface area (Å²) < 4.78 is 0. The number of aliphatic hydroxyl groups excluding tert-OH is 1. The van der Waals surface area contributed by atoms with Crippen molar-refractivity contribution >= 4 is 0 Å². The number of hydrogen-bond donors (Lipinski definition) is 2. The lowest BCUT2D eigenvalue weighted by Crippen LogP contribution is -2.02. The molecule has 0 aliphatic heterocycles. The summed E-state index contributed by atoms with van der Waals surface area (Å²) in [6, 6.07) is 7.89. The molecule has 3 N–H and O–H groups in total. The molecule has 0 saturated carbocycles. The fraction of sp³-hybridized carbons (Fsp3) is 0.273. The smallest absolute Gasteiger partial charge is 0.104 e. The van der Waals surface area contributed by atoms with E-state index in [1.165, 1.54) is 5.56 Å². The first-order valence-corrected chi connectivity index (χ1v) is 4.25. The number of benzene rings is 1. The minimum atomic E-state index is -0.0927. The van der Waals surface area contributed by atoms with Crippen LogP contribution in [0.5, 0.6) is 0 Å². The van der Waals surface area contributed by atoms with Gasteiger partial charge in [0.2, 0.25) is 0 Å². The fourth-order valence-corrected chi connectivity index (χ4v) is 1.06. The van der Waals surface area contributed by atoms with Gasteiger partial charge in [-0.15, -0.1) is 0 Å². The van der Waals surface area contributed by atoms with Crippen LogP contribution in [-0.2, 0) is 6.42 Å². The molecule has 13 heavy (non-hydrogen) atoms. The molecule has 0 aliphatic rings.